The van der Waals surface area contributed by atoms with Gasteiger partial charge in [-0.1, -0.05) is 20.8 Å². The molecule has 1 aromatic heterocycles. The van der Waals surface area contributed by atoms with Crippen molar-refractivity contribution >= 4 is 5.95 Å². The van der Waals surface area contributed by atoms with Crippen molar-refractivity contribution < 1.29 is 0 Å². The van der Waals surface area contributed by atoms with Crippen molar-refractivity contribution in [1.82, 2.24) is 15.0 Å². The standard InChI is InChI=1S/C10H18N4/c1-4-8-12-9(6-5-7(2)3)14-10(11)13-8/h7H,4-6H2,1-3H3,(H2,11,12,13,14). The molecule has 0 amide bonds. The third kappa shape index (κ3) is 3.28. The number of anilines is 1. The average Bonchev–Trinajstić information content (AvgIpc) is 2.14. The molecule has 78 valence electrons. The van der Waals surface area contributed by atoms with Crippen LogP contribution >= 0.6 is 0 Å². The van der Waals surface area contributed by atoms with Crippen molar-refractivity contribution in [3.63, 3.8) is 0 Å². The number of hydrogen-bond donors (Lipinski definition) is 1. The molecule has 2 N–H and O–H groups in total. The molecule has 0 aliphatic carbocycles. The third-order valence-electron chi connectivity index (χ3n) is 2.01. The molecular weight excluding hydrogens is 176 g/mol. The zero-order valence-electron chi connectivity index (χ0n) is 9.12. The minimum Gasteiger partial charge on any atom is -0.368 e. The Bertz CT molecular complexity index is 296. The lowest BCUT2D eigenvalue weighted by atomic mass is 10.1. The van der Waals surface area contributed by atoms with Crippen LogP contribution in [-0.2, 0) is 12.8 Å². The monoisotopic (exact) mass is 194 g/mol. The average molecular weight is 194 g/mol. The molecule has 0 radical (unpaired) electrons. The van der Waals surface area contributed by atoms with Crippen molar-refractivity contribution in [2.45, 2.75) is 40.0 Å². The van der Waals surface area contributed by atoms with E-state index in [1.54, 1.807) is 0 Å². The molecule has 0 atom stereocenters. The van der Waals surface area contributed by atoms with Crippen molar-refractivity contribution in [2.24, 2.45) is 5.92 Å². The fraction of sp³-hybridized carbons (Fsp3) is 0.700. The van der Waals surface area contributed by atoms with Crippen LogP contribution in [0.3, 0.4) is 0 Å². The van der Waals surface area contributed by atoms with Crippen LogP contribution in [0.25, 0.3) is 0 Å². The lowest BCUT2D eigenvalue weighted by molar-refractivity contribution is 0.572. The summed E-state index contributed by atoms with van der Waals surface area (Å²) in [4.78, 5) is 12.5. The van der Waals surface area contributed by atoms with Crippen molar-refractivity contribution in [2.75, 3.05) is 5.73 Å². The summed E-state index contributed by atoms with van der Waals surface area (Å²) in [7, 11) is 0. The van der Waals surface area contributed by atoms with Crippen LogP contribution < -0.4 is 5.73 Å². The summed E-state index contributed by atoms with van der Waals surface area (Å²) in [6.07, 6.45) is 2.78. The van der Waals surface area contributed by atoms with E-state index in [2.05, 4.69) is 28.8 Å². The molecule has 0 aromatic carbocycles. The van der Waals surface area contributed by atoms with Gasteiger partial charge in [0.05, 0.1) is 0 Å². The van der Waals surface area contributed by atoms with E-state index in [0.717, 1.165) is 30.9 Å². The number of nitrogens with two attached hydrogens (primary N) is 1. The Morgan fingerprint density at radius 1 is 1.14 bits per heavy atom. The molecule has 0 aliphatic rings. The highest BCUT2D eigenvalue weighted by atomic mass is 15.1. The van der Waals surface area contributed by atoms with E-state index in [9.17, 15) is 0 Å². The fourth-order valence-corrected chi connectivity index (χ4v) is 1.18. The van der Waals surface area contributed by atoms with Gasteiger partial charge in [-0.3, -0.25) is 0 Å². The van der Waals surface area contributed by atoms with Crippen molar-refractivity contribution in [3.05, 3.63) is 11.6 Å². The zero-order valence-corrected chi connectivity index (χ0v) is 9.12. The summed E-state index contributed by atoms with van der Waals surface area (Å²) < 4.78 is 0. The van der Waals surface area contributed by atoms with Gasteiger partial charge in [0.2, 0.25) is 5.95 Å². The van der Waals surface area contributed by atoms with Gasteiger partial charge in [-0.2, -0.15) is 9.97 Å². The molecule has 1 rings (SSSR count). The summed E-state index contributed by atoms with van der Waals surface area (Å²) in [5.74, 6) is 2.62. The first-order valence-corrected chi connectivity index (χ1v) is 5.11. The third-order valence-corrected chi connectivity index (χ3v) is 2.01. The number of aromatic nitrogens is 3. The van der Waals surface area contributed by atoms with E-state index >= 15 is 0 Å². The molecule has 0 aliphatic heterocycles. The zero-order chi connectivity index (χ0) is 10.6. The molecule has 0 unspecified atom stereocenters. The van der Waals surface area contributed by atoms with E-state index in [0.29, 0.717) is 11.9 Å². The van der Waals surface area contributed by atoms with Crippen LogP contribution in [0.15, 0.2) is 0 Å². The van der Waals surface area contributed by atoms with E-state index in [-0.39, 0.29) is 0 Å². The van der Waals surface area contributed by atoms with E-state index in [1.807, 2.05) is 6.92 Å². The van der Waals surface area contributed by atoms with Gasteiger partial charge in [0, 0.05) is 12.8 Å². The van der Waals surface area contributed by atoms with Gasteiger partial charge in [0.15, 0.2) is 0 Å². The highest BCUT2D eigenvalue weighted by Crippen LogP contribution is 2.06. The highest BCUT2D eigenvalue weighted by Gasteiger charge is 2.03. The van der Waals surface area contributed by atoms with Gasteiger partial charge >= 0.3 is 0 Å². The van der Waals surface area contributed by atoms with Crippen LogP contribution in [-0.4, -0.2) is 15.0 Å². The van der Waals surface area contributed by atoms with Crippen LogP contribution in [0.2, 0.25) is 0 Å². The van der Waals surface area contributed by atoms with Gasteiger partial charge in [-0.25, -0.2) is 4.98 Å². The Labute approximate surface area is 85.0 Å². The van der Waals surface area contributed by atoms with Gasteiger partial charge < -0.3 is 5.73 Å². The predicted molar refractivity (Wildman–Crippen MR) is 56.8 cm³/mol. The van der Waals surface area contributed by atoms with Gasteiger partial charge in [0.1, 0.15) is 11.6 Å². The molecule has 1 heterocycles. The number of nitrogen functional groups attached to an aromatic ring is 1. The molecule has 4 nitrogen and oxygen atoms in total. The Morgan fingerprint density at radius 3 is 2.36 bits per heavy atom. The van der Waals surface area contributed by atoms with Crippen LogP contribution in [0.4, 0.5) is 5.95 Å². The Morgan fingerprint density at radius 2 is 1.79 bits per heavy atom. The van der Waals surface area contributed by atoms with E-state index in [4.69, 9.17) is 5.73 Å². The first kappa shape index (κ1) is 10.9. The minimum absolute atomic E-state index is 0.343. The second-order valence-corrected chi connectivity index (χ2v) is 3.81. The van der Waals surface area contributed by atoms with Crippen LogP contribution in [0.5, 0.6) is 0 Å². The molecule has 0 spiro atoms. The van der Waals surface area contributed by atoms with E-state index < -0.39 is 0 Å². The lowest BCUT2D eigenvalue weighted by Crippen LogP contribution is -2.07. The number of aryl methyl sites for hydroxylation is 2. The van der Waals surface area contributed by atoms with Crippen LogP contribution in [0.1, 0.15) is 38.8 Å². The largest absolute Gasteiger partial charge is 0.368 e. The maximum absolute atomic E-state index is 5.58. The number of nitrogens with zero attached hydrogens (tertiary/aromatic N) is 3. The first-order valence-electron chi connectivity index (χ1n) is 5.11. The number of rotatable bonds is 4. The quantitative estimate of drug-likeness (QED) is 0.790. The normalized spacial score (nSPS) is 10.9. The molecular formula is C10H18N4. The molecule has 0 saturated carbocycles. The summed E-state index contributed by atoms with van der Waals surface area (Å²) in [6, 6.07) is 0. The fourth-order valence-electron chi connectivity index (χ4n) is 1.18. The minimum atomic E-state index is 0.343. The SMILES string of the molecule is CCc1nc(N)nc(CCC(C)C)n1. The maximum Gasteiger partial charge on any atom is 0.223 e. The molecule has 0 saturated heterocycles. The summed E-state index contributed by atoms with van der Waals surface area (Å²) >= 11 is 0. The smallest absolute Gasteiger partial charge is 0.223 e. The lowest BCUT2D eigenvalue weighted by Gasteiger charge is -2.05. The summed E-state index contributed by atoms with van der Waals surface area (Å²) in [5.41, 5.74) is 5.58. The Hall–Kier alpha value is -1.19. The molecule has 14 heavy (non-hydrogen) atoms. The summed E-state index contributed by atoms with van der Waals surface area (Å²) in [5, 5.41) is 0. The van der Waals surface area contributed by atoms with E-state index in [1.165, 1.54) is 0 Å². The Balaban J connectivity index is 2.71. The molecule has 0 bridgehead atoms. The van der Waals surface area contributed by atoms with Gasteiger partial charge in [-0.15, -0.1) is 0 Å². The van der Waals surface area contributed by atoms with Crippen LogP contribution in [0, 0.1) is 5.92 Å². The first-order chi connectivity index (χ1) is 6.61. The number of hydrogen-bond acceptors (Lipinski definition) is 4. The highest BCUT2D eigenvalue weighted by molar-refractivity contribution is 5.15. The van der Waals surface area contributed by atoms with Gasteiger partial charge in [-0.05, 0) is 12.3 Å². The van der Waals surface area contributed by atoms with Crippen molar-refractivity contribution in [3.8, 4) is 0 Å². The maximum atomic E-state index is 5.58. The van der Waals surface area contributed by atoms with Gasteiger partial charge in [0.25, 0.3) is 0 Å². The molecule has 1 aromatic rings. The second-order valence-electron chi connectivity index (χ2n) is 3.81. The topological polar surface area (TPSA) is 64.7 Å². The van der Waals surface area contributed by atoms with Crippen molar-refractivity contribution in [1.29, 1.82) is 0 Å². The molecule has 4 heteroatoms. The second kappa shape index (κ2) is 4.88. The Kier molecular flexibility index (Phi) is 3.80. The predicted octanol–water partition coefficient (Wildman–Crippen LogP) is 1.60. The molecule has 0 fully saturated rings. The summed E-state index contributed by atoms with van der Waals surface area (Å²) in [6.45, 7) is 6.39.